The van der Waals surface area contributed by atoms with E-state index in [1.165, 1.54) is 11.3 Å². The number of phenolic OH excluding ortho intramolecular Hbond substituents is 1. The highest BCUT2D eigenvalue weighted by atomic mass is 32.3. The summed E-state index contributed by atoms with van der Waals surface area (Å²) in [7, 11) is -3.15. The molecule has 1 saturated heterocycles. The number of phenols is 1. The summed E-state index contributed by atoms with van der Waals surface area (Å²) in [6, 6.07) is 10.4. The smallest absolute Gasteiger partial charge is 0.200 e. The Morgan fingerprint density at radius 2 is 1.97 bits per heavy atom. The van der Waals surface area contributed by atoms with Crippen LogP contribution in [0.5, 0.6) is 5.75 Å². The number of rotatable bonds is 3. The van der Waals surface area contributed by atoms with Crippen molar-refractivity contribution in [1.29, 1.82) is 0 Å². The van der Waals surface area contributed by atoms with Crippen LogP contribution in [0.25, 0.3) is 0 Å². The molecular formula is C20H24N4O4S2. The fourth-order valence-electron chi connectivity index (χ4n) is 4.05. The molecule has 8 nitrogen and oxygen atoms in total. The molecule has 5 rings (SSSR count). The van der Waals surface area contributed by atoms with E-state index >= 15 is 0 Å². The van der Waals surface area contributed by atoms with Crippen LogP contribution in [-0.4, -0.2) is 62.2 Å². The van der Waals surface area contributed by atoms with Gasteiger partial charge in [0.25, 0.3) is 0 Å². The molecule has 1 unspecified atom stereocenters. The molecule has 3 aliphatic heterocycles. The van der Waals surface area contributed by atoms with Crippen LogP contribution in [0.3, 0.4) is 0 Å². The SMILES string of the molecule is Oc1cccc(C2N=C(N3CCOCC3)NC3=C2CCN3S(O)(O)c2cccs2)c1. The lowest BCUT2D eigenvalue weighted by Crippen LogP contribution is -2.50. The van der Waals surface area contributed by atoms with Gasteiger partial charge >= 0.3 is 0 Å². The summed E-state index contributed by atoms with van der Waals surface area (Å²) in [6.07, 6.45) is 0.657. The van der Waals surface area contributed by atoms with Gasteiger partial charge < -0.3 is 20.1 Å². The number of thiophene rings is 1. The number of aromatic hydroxyl groups is 1. The summed E-state index contributed by atoms with van der Waals surface area (Å²) < 4.78 is 29.9. The van der Waals surface area contributed by atoms with Gasteiger partial charge in [-0.3, -0.25) is 13.4 Å². The number of aliphatic imine (C=N–C) groups is 1. The second-order valence-electron chi connectivity index (χ2n) is 7.35. The first-order chi connectivity index (χ1) is 14.5. The van der Waals surface area contributed by atoms with Gasteiger partial charge in [0.15, 0.2) is 0 Å². The van der Waals surface area contributed by atoms with Gasteiger partial charge in [0, 0.05) is 25.2 Å². The summed E-state index contributed by atoms with van der Waals surface area (Å²) in [5.41, 5.74) is 1.87. The van der Waals surface area contributed by atoms with E-state index in [0.717, 1.165) is 11.1 Å². The minimum Gasteiger partial charge on any atom is -0.508 e. The Hall–Kier alpha value is -2.24. The third-order valence-corrected chi connectivity index (χ3v) is 8.80. The van der Waals surface area contributed by atoms with Crippen molar-refractivity contribution in [2.45, 2.75) is 16.7 Å². The second kappa shape index (κ2) is 7.78. The van der Waals surface area contributed by atoms with Gasteiger partial charge in [-0.05, 0) is 41.6 Å². The third kappa shape index (κ3) is 3.44. The fraction of sp³-hybridized carbons (Fsp3) is 0.350. The van der Waals surface area contributed by atoms with Crippen LogP contribution >= 0.6 is 22.1 Å². The normalized spacial score (nSPS) is 22.6. The molecule has 4 N–H and O–H groups in total. The molecule has 1 atom stereocenters. The molecule has 0 spiro atoms. The maximum Gasteiger partial charge on any atom is 0.200 e. The highest BCUT2D eigenvalue weighted by molar-refractivity contribution is 8.23. The molecule has 0 saturated carbocycles. The lowest BCUT2D eigenvalue weighted by atomic mass is 9.97. The Morgan fingerprint density at radius 1 is 1.13 bits per heavy atom. The first-order valence-corrected chi connectivity index (χ1v) is 12.2. The van der Waals surface area contributed by atoms with Gasteiger partial charge in [-0.25, -0.2) is 4.99 Å². The van der Waals surface area contributed by atoms with Crippen molar-refractivity contribution in [1.82, 2.24) is 14.5 Å². The first kappa shape index (κ1) is 19.7. The van der Waals surface area contributed by atoms with E-state index in [9.17, 15) is 14.2 Å². The monoisotopic (exact) mass is 448 g/mol. The van der Waals surface area contributed by atoms with Crippen LogP contribution in [0.4, 0.5) is 0 Å². The van der Waals surface area contributed by atoms with E-state index in [-0.39, 0.29) is 11.8 Å². The predicted molar refractivity (Wildman–Crippen MR) is 118 cm³/mol. The van der Waals surface area contributed by atoms with Gasteiger partial charge in [0.1, 0.15) is 21.8 Å². The van der Waals surface area contributed by atoms with Crippen molar-refractivity contribution in [3.63, 3.8) is 0 Å². The van der Waals surface area contributed by atoms with Gasteiger partial charge in [0.2, 0.25) is 5.96 Å². The molecule has 30 heavy (non-hydrogen) atoms. The zero-order chi connectivity index (χ0) is 20.7. The predicted octanol–water partition coefficient (Wildman–Crippen LogP) is 3.43. The standard InChI is InChI=1S/C20H24N4O4S2/c25-15-4-1-3-14(13-15)18-16-6-7-24(30(26,27)17-5-2-12-29-17)19(16)22-20(21-18)23-8-10-28-11-9-23/h1-5,12-13,18,25-27H,6-11H2,(H,21,22). The number of hydrogen-bond acceptors (Lipinski definition) is 9. The molecule has 0 radical (unpaired) electrons. The van der Waals surface area contributed by atoms with E-state index < -0.39 is 10.8 Å². The van der Waals surface area contributed by atoms with Gasteiger partial charge in [0.05, 0.1) is 13.2 Å². The maximum absolute atomic E-state index is 11.1. The quantitative estimate of drug-likeness (QED) is 0.571. The second-order valence-corrected chi connectivity index (χ2v) is 10.5. The molecule has 10 heteroatoms. The topological polar surface area (TPSA) is 101 Å². The highest BCUT2D eigenvalue weighted by Gasteiger charge is 2.40. The van der Waals surface area contributed by atoms with Crippen LogP contribution in [0, 0.1) is 0 Å². The minimum absolute atomic E-state index is 0.189. The molecule has 2 aromatic rings. The molecule has 1 aromatic heterocycles. The largest absolute Gasteiger partial charge is 0.508 e. The average Bonchev–Trinajstić information content (AvgIpc) is 3.44. The Bertz CT molecular complexity index is 986. The van der Waals surface area contributed by atoms with E-state index in [2.05, 4.69) is 10.2 Å². The Morgan fingerprint density at radius 3 is 2.70 bits per heavy atom. The fourth-order valence-corrected chi connectivity index (χ4v) is 6.69. The summed E-state index contributed by atoms with van der Waals surface area (Å²) in [5, 5.41) is 15.2. The van der Waals surface area contributed by atoms with Crippen LogP contribution in [0.1, 0.15) is 18.0 Å². The van der Waals surface area contributed by atoms with E-state index in [1.807, 2.05) is 23.6 Å². The van der Waals surface area contributed by atoms with Crippen LogP contribution in [0.2, 0.25) is 0 Å². The van der Waals surface area contributed by atoms with E-state index in [4.69, 9.17) is 9.73 Å². The zero-order valence-electron chi connectivity index (χ0n) is 16.3. The number of benzene rings is 1. The van der Waals surface area contributed by atoms with Crippen molar-refractivity contribution in [3.8, 4) is 5.75 Å². The van der Waals surface area contributed by atoms with Crippen molar-refractivity contribution in [2.75, 3.05) is 32.8 Å². The van der Waals surface area contributed by atoms with E-state index in [0.29, 0.717) is 55.3 Å². The number of ether oxygens (including phenoxy) is 1. The zero-order valence-corrected chi connectivity index (χ0v) is 17.9. The summed E-state index contributed by atoms with van der Waals surface area (Å²) >= 11 is 1.34. The minimum atomic E-state index is -3.15. The van der Waals surface area contributed by atoms with E-state index in [1.54, 1.807) is 22.5 Å². The number of guanidine groups is 1. The van der Waals surface area contributed by atoms with Crippen molar-refractivity contribution in [2.24, 2.45) is 4.99 Å². The number of hydrogen-bond donors (Lipinski definition) is 4. The maximum atomic E-state index is 11.1. The Labute approximate surface area is 180 Å². The highest BCUT2D eigenvalue weighted by Crippen LogP contribution is 2.58. The van der Waals surface area contributed by atoms with Crippen LogP contribution in [-0.2, 0) is 4.74 Å². The van der Waals surface area contributed by atoms with Gasteiger partial charge in [-0.15, -0.1) is 11.3 Å². The first-order valence-electron chi connectivity index (χ1n) is 9.83. The Kier molecular flexibility index (Phi) is 5.11. The number of morpholine rings is 1. The molecule has 3 aliphatic rings. The number of nitrogens with zero attached hydrogens (tertiary/aromatic N) is 3. The Balaban J connectivity index is 1.55. The molecule has 1 aromatic carbocycles. The summed E-state index contributed by atoms with van der Waals surface area (Å²) in [6.45, 7) is 3.15. The average molecular weight is 449 g/mol. The molecular weight excluding hydrogens is 424 g/mol. The van der Waals surface area contributed by atoms with Gasteiger partial charge in [-0.1, -0.05) is 22.9 Å². The van der Waals surface area contributed by atoms with Crippen molar-refractivity contribution in [3.05, 3.63) is 58.7 Å². The molecule has 0 aliphatic carbocycles. The van der Waals surface area contributed by atoms with Crippen molar-refractivity contribution >= 4 is 28.1 Å². The van der Waals surface area contributed by atoms with Crippen LogP contribution < -0.4 is 5.32 Å². The molecule has 4 heterocycles. The lowest BCUT2D eigenvalue weighted by molar-refractivity contribution is 0.0663. The molecule has 160 valence electrons. The molecule has 1 fully saturated rings. The third-order valence-electron chi connectivity index (χ3n) is 5.52. The molecule has 0 amide bonds. The number of nitrogens with one attached hydrogen (secondary N) is 1. The summed E-state index contributed by atoms with van der Waals surface area (Å²) in [5.74, 6) is 1.58. The van der Waals surface area contributed by atoms with Gasteiger partial charge in [-0.2, -0.15) is 0 Å². The molecule has 0 bridgehead atoms. The summed E-state index contributed by atoms with van der Waals surface area (Å²) in [4.78, 5) is 7.09. The lowest BCUT2D eigenvalue weighted by Gasteiger charge is -2.43. The van der Waals surface area contributed by atoms with Crippen molar-refractivity contribution < 1.29 is 18.9 Å². The van der Waals surface area contributed by atoms with Crippen LogP contribution in [0.15, 0.2) is 62.4 Å².